The van der Waals surface area contributed by atoms with Crippen LogP contribution in [0.1, 0.15) is 30.3 Å². The molecule has 1 aromatic heterocycles. The number of rotatable bonds is 1. The van der Waals surface area contributed by atoms with Gasteiger partial charge in [0.25, 0.3) is 5.91 Å². The average molecular weight is 277 g/mol. The van der Waals surface area contributed by atoms with Crippen molar-refractivity contribution in [2.45, 2.75) is 31.4 Å². The van der Waals surface area contributed by atoms with Crippen LogP contribution in [0.2, 0.25) is 0 Å². The fourth-order valence-electron chi connectivity index (χ4n) is 3.05. The van der Waals surface area contributed by atoms with Gasteiger partial charge in [0.2, 0.25) is 5.91 Å². The zero-order chi connectivity index (χ0) is 14.2. The first-order chi connectivity index (χ1) is 9.61. The van der Waals surface area contributed by atoms with E-state index in [0.29, 0.717) is 18.8 Å². The molecule has 2 amide bonds. The van der Waals surface area contributed by atoms with Crippen LogP contribution in [0.3, 0.4) is 0 Å². The SMILES string of the molecule is C[C@H]1NC(=O)COC12CCN(C(=O)c1ccc[nH]1)CC2. The largest absolute Gasteiger partial charge is 0.363 e. The molecule has 2 fully saturated rings. The number of nitrogens with zero attached hydrogens (tertiary/aromatic N) is 1. The van der Waals surface area contributed by atoms with Gasteiger partial charge in [-0.3, -0.25) is 9.59 Å². The van der Waals surface area contributed by atoms with Crippen LogP contribution in [0.15, 0.2) is 18.3 Å². The molecule has 1 spiro atoms. The number of hydrogen-bond acceptors (Lipinski definition) is 3. The molecule has 3 heterocycles. The number of likely N-dealkylation sites (tertiary alicyclic amines) is 1. The monoisotopic (exact) mass is 277 g/mol. The molecule has 0 saturated carbocycles. The molecule has 0 aromatic carbocycles. The number of H-pyrrole nitrogens is 1. The third-order valence-electron chi connectivity index (χ3n) is 4.38. The minimum Gasteiger partial charge on any atom is -0.363 e. The van der Waals surface area contributed by atoms with Crippen LogP contribution in [0.4, 0.5) is 0 Å². The third kappa shape index (κ3) is 2.20. The van der Waals surface area contributed by atoms with Crippen LogP contribution < -0.4 is 5.32 Å². The van der Waals surface area contributed by atoms with Gasteiger partial charge in [-0.2, -0.15) is 0 Å². The maximum Gasteiger partial charge on any atom is 0.270 e. The van der Waals surface area contributed by atoms with Gasteiger partial charge in [-0.15, -0.1) is 0 Å². The highest BCUT2D eigenvalue weighted by Gasteiger charge is 2.44. The molecule has 0 unspecified atom stereocenters. The number of carbonyl (C=O) groups is 2. The van der Waals surface area contributed by atoms with Gasteiger partial charge in [-0.25, -0.2) is 0 Å². The Labute approximate surface area is 117 Å². The third-order valence-corrected chi connectivity index (χ3v) is 4.38. The molecule has 2 aliphatic heterocycles. The molecule has 1 atom stereocenters. The summed E-state index contributed by atoms with van der Waals surface area (Å²) in [6.07, 6.45) is 3.25. The summed E-state index contributed by atoms with van der Waals surface area (Å²) >= 11 is 0. The van der Waals surface area contributed by atoms with Crippen LogP contribution in [0.25, 0.3) is 0 Å². The van der Waals surface area contributed by atoms with E-state index in [1.165, 1.54) is 0 Å². The Morgan fingerprint density at radius 1 is 1.45 bits per heavy atom. The Bertz CT molecular complexity index is 504. The van der Waals surface area contributed by atoms with Crippen LogP contribution in [-0.2, 0) is 9.53 Å². The summed E-state index contributed by atoms with van der Waals surface area (Å²) in [7, 11) is 0. The van der Waals surface area contributed by atoms with Crippen molar-refractivity contribution >= 4 is 11.8 Å². The van der Waals surface area contributed by atoms with E-state index in [-0.39, 0.29) is 30.1 Å². The Kier molecular flexibility index (Phi) is 3.25. The summed E-state index contributed by atoms with van der Waals surface area (Å²) in [4.78, 5) is 28.3. The summed E-state index contributed by atoms with van der Waals surface area (Å²) in [5.41, 5.74) is 0.298. The summed E-state index contributed by atoms with van der Waals surface area (Å²) in [6, 6.07) is 3.60. The second-order valence-corrected chi connectivity index (χ2v) is 5.52. The van der Waals surface area contributed by atoms with E-state index in [1.54, 1.807) is 12.3 Å². The number of aromatic nitrogens is 1. The van der Waals surface area contributed by atoms with E-state index in [0.717, 1.165) is 12.8 Å². The minimum atomic E-state index is -0.319. The van der Waals surface area contributed by atoms with E-state index < -0.39 is 0 Å². The Morgan fingerprint density at radius 3 is 2.80 bits per heavy atom. The zero-order valence-corrected chi connectivity index (χ0v) is 11.5. The fourth-order valence-corrected chi connectivity index (χ4v) is 3.05. The van der Waals surface area contributed by atoms with Crippen molar-refractivity contribution in [3.8, 4) is 0 Å². The van der Waals surface area contributed by atoms with Crippen LogP contribution >= 0.6 is 0 Å². The van der Waals surface area contributed by atoms with Gasteiger partial charge >= 0.3 is 0 Å². The number of ether oxygens (including phenoxy) is 1. The Balaban J connectivity index is 1.65. The summed E-state index contributed by atoms with van der Waals surface area (Å²) in [5.74, 6) is -0.0367. The lowest BCUT2D eigenvalue weighted by Gasteiger charge is -2.47. The summed E-state index contributed by atoms with van der Waals surface area (Å²) in [6.45, 7) is 3.39. The number of amides is 2. The molecule has 6 heteroatoms. The molecule has 0 radical (unpaired) electrons. The van der Waals surface area contributed by atoms with E-state index in [1.807, 2.05) is 17.9 Å². The molecular weight excluding hydrogens is 258 g/mol. The molecule has 0 bridgehead atoms. The zero-order valence-electron chi connectivity index (χ0n) is 11.5. The number of nitrogens with one attached hydrogen (secondary N) is 2. The van der Waals surface area contributed by atoms with Gasteiger partial charge in [0, 0.05) is 19.3 Å². The molecule has 2 saturated heterocycles. The van der Waals surface area contributed by atoms with Gasteiger partial charge in [0.05, 0.1) is 11.6 Å². The highest BCUT2D eigenvalue weighted by Crippen LogP contribution is 2.32. The maximum atomic E-state index is 12.2. The Hall–Kier alpha value is -1.82. The first-order valence-electron chi connectivity index (χ1n) is 6.97. The van der Waals surface area contributed by atoms with Crippen molar-refractivity contribution in [1.82, 2.24) is 15.2 Å². The normalized spacial score (nSPS) is 25.6. The lowest BCUT2D eigenvalue weighted by Crippen LogP contribution is -2.63. The standard InChI is InChI=1S/C14H19N3O3/c1-10-14(20-9-12(18)16-10)4-7-17(8-5-14)13(19)11-3-2-6-15-11/h2-3,6,10,15H,4-5,7-9H2,1H3,(H,16,18)/t10-/m1/s1. The first kappa shape index (κ1) is 13.2. The molecule has 2 aliphatic rings. The second-order valence-electron chi connectivity index (χ2n) is 5.52. The molecule has 0 aliphatic carbocycles. The lowest BCUT2D eigenvalue weighted by atomic mass is 9.83. The molecule has 1 aromatic rings. The van der Waals surface area contributed by atoms with Crippen LogP contribution in [-0.4, -0.2) is 53.0 Å². The molecule has 20 heavy (non-hydrogen) atoms. The van der Waals surface area contributed by atoms with Crippen molar-refractivity contribution in [2.24, 2.45) is 0 Å². The predicted octanol–water partition coefficient (Wildman–Crippen LogP) is 0.524. The van der Waals surface area contributed by atoms with E-state index in [9.17, 15) is 9.59 Å². The quantitative estimate of drug-likeness (QED) is 0.786. The smallest absolute Gasteiger partial charge is 0.270 e. The average Bonchev–Trinajstić information content (AvgIpc) is 2.98. The van der Waals surface area contributed by atoms with Crippen LogP contribution in [0, 0.1) is 0 Å². The molecule has 108 valence electrons. The molecule has 6 nitrogen and oxygen atoms in total. The highest BCUT2D eigenvalue weighted by atomic mass is 16.5. The van der Waals surface area contributed by atoms with E-state index >= 15 is 0 Å². The van der Waals surface area contributed by atoms with Gasteiger partial charge in [-0.1, -0.05) is 0 Å². The van der Waals surface area contributed by atoms with Gasteiger partial charge in [0.15, 0.2) is 0 Å². The van der Waals surface area contributed by atoms with Gasteiger partial charge < -0.3 is 19.9 Å². The van der Waals surface area contributed by atoms with E-state index in [2.05, 4.69) is 10.3 Å². The van der Waals surface area contributed by atoms with E-state index in [4.69, 9.17) is 4.74 Å². The van der Waals surface area contributed by atoms with Crippen molar-refractivity contribution < 1.29 is 14.3 Å². The number of hydrogen-bond donors (Lipinski definition) is 2. The van der Waals surface area contributed by atoms with Gasteiger partial charge in [0.1, 0.15) is 12.3 Å². The second kappa shape index (κ2) is 4.94. The number of carbonyl (C=O) groups excluding carboxylic acids is 2. The van der Waals surface area contributed by atoms with Crippen molar-refractivity contribution in [3.63, 3.8) is 0 Å². The van der Waals surface area contributed by atoms with Crippen LogP contribution in [0.5, 0.6) is 0 Å². The molecule has 3 rings (SSSR count). The molecule has 2 N–H and O–H groups in total. The maximum absolute atomic E-state index is 12.2. The first-order valence-corrected chi connectivity index (χ1v) is 6.97. The minimum absolute atomic E-state index is 0.00788. The fraction of sp³-hybridized carbons (Fsp3) is 0.571. The van der Waals surface area contributed by atoms with Crippen molar-refractivity contribution in [3.05, 3.63) is 24.0 Å². The molecular formula is C14H19N3O3. The lowest BCUT2D eigenvalue weighted by molar-refractivity contribution is -0.158. The Morgan fingerprint density at radius 2 is 2.20 bits per heavy atom. The highest BCUT2D eigenvalue weighted by molar-refractivity contribution is 5.92. The summed E-state index contributed by atoms with van der Waals surface area (Å²) < 4.78 is 5.79. The van der Waals surface area contributed by atoms with Gasteiger partial charge in [-0.05, 0) is 31.9 Å². The van der Waals surface area contributed by atoms with Crippen molar-refractivity contribution in [1.29, 1.82) is 0 Å². The number of morpholine rings is 1. The van der Waals surface area contributed by atoms with Crippen molar-refractivity contribution in [2.75, 3.05) is 19.7 Å². The predicted molar refractivity (Wildman–Crippen MR) is 72.2 cm³/mol. The number of aromatic amines is 1. The number of piperidine rings is 1. The topological polar surface area (TPSA) is 74.4 Å². The summed E-state index contributed by atoms with van der Waals surface area (Å²) in [5, 5.41) is 2.94.